The third-order valence-electron chi connectivity index (χ3n) is 0. The molecular weight excluding hydrogens is 139 g/mol. The predicted octanol–water partition coefficient (Wildman–Crippen LogP) is 0.594. The smallest absolute Gasteiger partial charge is 0 e. The zero-order chi connectivity index (χ0) is 2.71. The van der Waals surface area contributed by atoms with Gasteiger partial charge in [-0.15, -0.1) is 0 Å². The van der Waals surface area contributed by atoms with Crippen molar-refractivity contribution in [1.82, 2.24) is 0 Å². The van der Waals surface area contributed by atoms with E-state index in [1.807, 2.05) is 5.92 Å². The van der Waals surface area contributed by atoms with Crippen LogP contribution in [0.2, 0.25) is 0 Å². The van der Waals surface area contributed by atoms with Crippen molar-refractivity contribution in [2.75, 3.05) is 0 Å². The summed E-state index contributed by atoms with van der Waals surface area (Å²) in [5, 5.41) is 0. The van der Waals surface area contributed by atoms with Gasteiger partial charge in [0.1, 0.15) is 0 Å². The van der Waals surface area contributed by atoms with Gasteiger partial charge in [0.25, 0.3) is 0 Å². The van der Waals surface area contributed by atoms with Crippen molar-refractivity contribution < 1.29 is 19.5 Å². The van der Waals surface area contributed by atoms with Crippen LogP contribution in [0.4, 0.5) is 0 Å². The number of rotatable bonds is 0. The van der Waals surface area contributed by atoms with E-state index in [1.165, 1.54) is 0 Å². The summed E-state index contributed by atoms with van der Waals surface area (Å²) in [5.41, 5.74) is 0. The van der Waals surface area contributed by atoms with Crippen LogP contribution >= 0.6 is 0 Å². The summed E-state index contributed by atoms with van der Waals surface area (Å²) in [6.07, 6.45) is 5.96. The summed E-state index contributed by atoms with van der Waals surface area (Å²) in [6, 6.07) is 0. The molecule has 0 spiro atoms. The van der Waals surface area contributed by atoms with Gasteiger partial charge in [-0.05, 0) is 6.92 Å². The van der Waals surface area contributed by atoms with Crippen molar-refractivity contribution in [3.05, 3.63) is 6.42 Å². The molecule has 1 heteroatoms. The second-order valence-electron chi connectivity index (χ2n) is 0.250. The number of hydrogen-bond acceptors (Lipinski definition) is 0. The van der Waals surface area contributed by atoms with Crippen LogP contribution in [0, 0.1) is 12.3 Å². The Labute approximate surface area is 39.4 Å². The zero-order valence-electron chi connectivity index (χ0n) is 2.33. The molecule has 0 fully saturated rings. The van der Waals surface area contributed by atoms with Gasteiger partial charge in [-0.1, -0.05) is 0 Å². The minimum absolute atomic E-state index is 0. The molecule has 0 amide bonds. The van der Waals surface area contributed by atoms with E-state index in [1.54, 1.807) is 6.92 Å². The monoisotopic (exact) mass is 142 g/mol. The van der Waals surface area contributed by atoms with Crippen molar-refractivity contribution >= 4 is 0 Å². The van der Waals surface area contributed by atoms with Gasteiger partial charge >= 0.3 is 0 Å². The fourth-order valence-electron chi connectivity index (χ4n) is 0. The Balaban J connectivity index is 0. The van der Waals surface area contributed by atoms with Gasteiger partial charge < -0.3 is 12.3 Å². The van der Waals surface area contributed by atoms with Crippen LogP contribution in [0.25, 0.3) is 0 Å². The van der Waals surface area contributed by atoms with Gasteiger partial charge in [0, 0.05) is 19.5 Å². The molecule has 0 nitrogen and oxygen atoms in total. The molecule has 25 valence electrons. The summed E-state index contributed by atoms with van der Waals surface area (Å²) in [6.45, 7) is 1.54. The molecule has 0 aromatic carbocycles. The molecule has 0 N–H and O–H groups in total. The van der Waals surface area contributed by atoms with Gasteiger partial charge in [0.15, 0.2) is 0 Å². The van der Waals surface area contributed by atoms with Crippen LogP contribution < -0.4 is 0 Å². The second kappa shape index (κ2) is 10.8. The molecular formula is C3H3Rh-. The maximum Gasteiger partial charge on any atom is 0 e. The first-order chi connectivity index (χ1) is 1.41. The van der Waals surface area contributed by atoms with Gasteiger partial charge in [0.2, 0.25) is 0 Å². The van der Waals surface area contributed by atoms with Gasteiger partial charge in [-0.3, -0.25) is 0 Å². The third kappa shape index (κ3) is 90.9. The molecule has 0 atom stereocenters. The average molecular weight is 142 g/mol. The van der Waals surface area contributed by atoms with Crippen molar-refractivity contribution in [3.8, 4) is 5.92 Å². The average Bonchev–Trinajstić information content (AvgIpc) is 0.918. The summed E-state index contributed by atoms with van der Waals surface area (Å²) in [7, 11) is 0. The summed E-state index contributed by atoms with van der Waals surface area (Å²) in [4.78, 5) is 0. The molecule has 0 aromatic heterocycles. The van der Waals surface area contributed by atoms with Gasteiger partial charge in [-0.2, -0.15) is 0 Å². The molecule has 4 heavy (non-hydrogen) atoms. The fraction of sp³-hybridized carbons (Fsp3) is 0.333. The molecule has 0 heterocycles. The zero-order valence-corrected chi connectivity index (χ0v) is 3.97. The summed E-state index contributed by atoms with van der Waals surface area (Å²) < 4.78 is 0. The molecule has 1 radical (unpaired) electrons. The molecule has 0 bridgehead atoms. The van der Waals surface area contributed by atoms with E-state index in [9.17, 15) is 0 Å². The molecule has 0 aliphatic carbocycles. The van der Waals surface area contributed by atoms with E-state index in [4.69, 9.17) is 6.42 Å². The standard InChI is InChI=1S/C3H3.Rh/c1-3-2;/h1H3;/q-1;. The molecule has 0 aliphatic heterocycles. The molecule has 0 aliphatic rings. The molecule has 0 saturated carbocycles. The van der Waals surface area contributed by atoms with Gasteiger partial charge in [-0.25, -0.2) is 0 Å². The summed E-state index contributed by atoms with van der Waals surface area (Å²) >= 11 is 0. The van der Waals surface area contributed by atoms with Crippen molar-refractivity contribution in [1.29, 1.82) is 0 Å². The van der Waals surface area contributed by atoms with Gasteiger partial charge in [0.05, 0.1) is 0 Å². The molecule has 0 saturated heterocycles. The van der Waals surface area contributed by atoms with Crippen molar-refractivity contribution in [2.24, 2.45) is 0 Å². The van der Waals surface area contributed by atoms with Crippen molar-refractivity contribution in [2.45, 2.75) is 6.92 Å². The van der Waals surface area contributed by atoms with Crippen LogP contribution in [-0.4, -0.2) is 0 Å². The van der Waals surface area contributed by atoms with E-state index in [-0.39, 0.29) is 19.5 Å². The number of hydrogen-bond donors (Lipinski definition) is 0. The van der Waals surface area contributed by atoms with E-state index < -0.39 is 0 Å². The Kier molecular flexibility index (Phi) is 24.1. The van der Waals surface area contributed by atoms with Crippen LogP contribution in [-0.2, 0) is 19.5 Å². The third-order valence-corrected chi connectivity index (χ3v) is 0. The van der Waals surface area contributed by atoms with Crippen LogP contribution in [0.1, 0.15) is 6.92 Å². The molecule has 0 aromatic rings. The minimum atomic E-state index is 0. The Bertz CT molecular complexity index is 24.8. The Morgan fingerprint density at radius 1 is 1.75 bits per heavy atom. The fourth-order valence-corrected chi connectivity index (χ4v) is 0. The summed E-state index contributed by atoms with van der Waals surface area (Å²) in [5.74, 6) is 2.00. The Hall–Kier alpha value is 0.183. The molecule has 0 unspecified atom stereocenters. The van der Waals surface area contributed by atoms with Crippen molar-refractivity contribution in [3.63, 3.8) is 0 Å². The quantitative estimate of drug-likeness (QED) is 0.264. The van der Waals surface area contributed by atoms with Crippen LogP contribution in [0.3, 0.4) is 0 Å². The first-order valence-electron chi connectivity index (χ1n) is 0.750. The first-order valence-corrected chi connectivity index (χ1v) is 0.750. The molecule has 0 rings (SSSR count). The Morgan fingerprint density at radius 2 is 1.75 bits per heavy atom. The predicted molar refractivity (Wildman–Crippen MR) is 12.8 cm³/mol. The maximum atomic E-state index is 5.96. The van der Waals surface area contributed by atoms with E-state index in [2.05, 4.69) is 0 Å². The van der Waals surface area contributed by atoms with E-state index in [0.29, 0.717) is 0 Å². The Morgan fingerprint density at radius 3 is 1.75 bits per heavy atom. The topological polar surface area (TPSA) is 0 Å². The first kappa shape index (κ1) is 8.89. The van der Waals surface area contributed by atoms with E-state index in [0.717, 1.165) is 0 Å². The van der Waals surface area contributed by atoms with Crippen LogP contribution in [0.5, 0.6) is 0 Å². The normalized spacial score (nSPS) is 2.00. The second-order valence-corrected chi connectivity index (χ2v) is 0.250. The van der Waals surface area contributed by atoms with E-state index >= 15 is 0 Å². The van der Waals surface area contributed by atoms with Crippen LogP contribution in [0.15, 0.2) is 0 Å². The SMILES string of the molecule is [C-]#CC.[Rh]. The largest absolute Gasteiger partial charge is 0.694 e. The maximum absolute atomic E-state index is 5.96. The minimum Gasteiger partial charge on any atom is -0.694 e.